The second kappa shape index (κ2) is 4.08. The molecule has 2 rings (SSSR count). The van der Waals surface area contributed by atoms with Crippen molar-refractivity contribution in [3.8, 4) is 0 Å². The molecule has 2 aliphatic rings. The molecule has 0 amide bonds. The van der Waals surface area contributed by atoms with Gasteiger partial charge in [0.05, 0.1) is 6.61 Å². The zero-order valence-electron chi connectivity index (χ0n) is 8.61. The van der Waals surface area contributed by atoms with Crippen LogP contribution in [0.25, 0.3) is 0 Å². The van der Waals surface area contributed by atoms with Gasteiger partial charge in [0.25, 0.3) is 0 Å². The molecule has 1 heterocycles. The molecule has 1 saturated carbocycles. The van der Waals surface area contributed by atoms with Crippen LogP contribution < -0.4 is 5.32 Å². The Morgan fingerprint density at radius 3 is 2.80 bits per heavy atom. The van der Waals surface area contributed by atoms with Crippen LogP contribution in [0, 0.1) is 5.92 Å². The molecule has 15 heavy (non-hydrogen) atoms. The van der Waals surface area contributed by atoms with Gasteiger partial charge in [0.1, 0.15) is 11.6 Å². The number of aliphatic hydroxyl groups is 1. The number of rotatable bonds is 5. The van der Waals surface area contributed by atoms with Gasteiger partial charge < -0.3 is 20.3 Å². The van der Waals surface area contributed by atoms with E-state index >= 15 is 0 Å². The fourth-order valence-electron chi connectivity index (χ4n) is 1.92. The Morgan fingerprint density at radius 1 is 1.60 bits per heavy atom. The number of ether oxygens (including phenoxy) is 1. The van der Waals surface area contributed by atoms with Gasteiger partial charge in [-0.15, -0.1) is 0 Å². The smallest absolute Gasteiger partial charge is 0.320 e. The molecule has 2 unspecified atom stereocenters. The molecular formula is C10H17NO4. The van der Waals surface area contributed by atoms with Crippen molar-refractivity contribution in [3.05, 3.63) is 0 Å². The summed E-state index contributed by atoms with van der Waals surface area (Å²) in [7, 11) is 0. The third-order valence-electron chi connectivity index (χ3n) is 3.09. The summed E-state index contributed by atoms with van der Waals surface area (Å²) in [4.78, 5) is 10.9. The summed E-state index contributed by atoms with van der Waals surface area (Å²) in [5, 5.41) is 21.8. The zero-order chi connectivity index (χ0) is 10.9. The van der Waals surface area contributed by atoms with E-state index in [1.807, 2.05) is 0 Å². The molecule has 1 aliphatic heterocycles. The predicted molar refractivity (Wildman–Crippen MR) is 52.5 cm³/mol. The lowest BCUT2D eigenvalue weighted by Gasteiger charge is -2.23. The molecule has 1 aliphatic carbocycles. The highest BCUT2D eigenvalue weighted by atomic mass is 16.5. The van der Waals surface area contributed by atoms with Crippen molar-refractivity contribution < 1.29 is 19.7 Å². The third-order valence-corrected chi connectivity index (χ3v) is 3.09. The van der Waals surface area contributed by atoms with Crippen molar-refractivity contribution >= 4 is 5.97 Å². The molecule has 0 aromatic heterocycles. The zero-order valence-corrected chi connectivity index (χ0v) is 8.61. The highest BCUT2D eigenvalue weighted by Gasteiger charge is 2.39. The first kappa shape index (κ1) is 10.9. The van der Waals surface area contributed by atoms with Crippen LogP contribution in [-0.4, -0.2) is 47.6 Å². The number of carboxylic acids is 1. The first-order valence-electron chi connectivity index (χ1n) is 5.37. The Labute approximate surface area is 88.4 Å². The van der Waals surface area contributed by atoms with Gasteiger partial charge in [-0.05, 0) is 18.8 Å². The summed E-state index contributed by atoms with van der Waals surface area (Å²) in [5.41, 5.74) is -0.872. The third kappa shape index (κ3) is 2.68. The Kier molecular flexibility index (Phi) is 2.95. The molecule has 1 saturated heterocycles. The highest BCUT2D eigenvalue weighted by molar-refractivity contribution is 5.74. The Morgan fingerprint density at radius 2 is 2.33 bits per heavy atom. The van der Waals surface area contributed by atoms with Crippen LogP contribution in [0.1, 0.15) is 19.3 Å². The van der Waals surface area contributed by atoms with E-state index in [0.717, 1.165) is 12.8 Å². The molecule has 5 heteroatoms. The summed E-state index contributed by atoms with van der Waals surface area (Å²) in [6.07, 6.45) is 2.52. The van der Waals surface area contributed by atoms with Gasteiger partial charge >= 0.3 is 5.97 Å². The number of hydrogen-bond donors (Lipinski definition) is 3. The second-order valence-electron chi connectivity index (χ2n) is 4.56. The lowest BCUT2D eigenvalue weighted by atomic mass is 10.0. The Bertz CT molecular complexity index is 246. The molecule has 2 atom stereocenters. The summed E-state index contributed by atoms with van der Waals surface area (Å²) in [6.45, 7) is 1.16. The van der Waals surface area contributed by atoms with Crippen LogP contribution >= 0.6 is 0 Å². The maximum atomic E-state index is 10.9. The van der Waals surface area contributed by atoms with Crippen molar-refractivity contribution in [2.24, 2.45) is 5.92 Å². The van der Waals surface area contributed by atoms with E-state index in [4.69, 9.17) is 9.84 Å². The van der Waals surface area contributed by atoms with Crippen molar-refractivity contribution in [3.63, 3.8) is 0 Å². The van der Waals surface area contributed by atoms with Crippen LogP contribution in [0.2, 0.25) is 0 Å². The lowest BCUT2D eigenvalue weighted by molar-refractivity contribution is -0.140. The maximum Gasteiger partial charge on any atom is 0.320 e. The van der Waals surface area contributed by atoms with E-state index in [9.17, 15) is 9.90 Å². The summed E-state index contributed by atoms with van der Waals surface area (Å²) in [5.74, 6) is -0.576. The van der Waals surface area contributed by atoms with Gasteiger partial charge in [-0.1, -0.05) is 0 Å². The molecule has 0 radical (unpaired) electrons. The molecule has 0 aromatic rings. The van der Waals surface area contributed by atoms with Crippen LogP contribution in [0.15, 0.2) is 0 Å². The number of hydrogen-bond acceptors (Lipinski definition) is 4. The largest absolute Gasteiger partial charge is 0.480 e. The lowest BCUT2D eigenvalue weighted by Crippen LogP contribution is -2.48. The number of carboxylic acid groups (broad SMARTS) is 1. The average molecular weight is 215 g/mol. The van der Waals surface area contributed by atoms with Gasteiger partial charge in [-0.25, -0.2) is 0 Å². The molecule has 5 nitrogen and oxygen atoms in total. The Hall–Kier alpha value is -0.650. The van der Waals surface area contributed by atoms with E-state index in [-0.39, 0.29) is 5.92 Å². The molecule has 2 fully saturated rings. The standard InChI is InChI=1S/C10H17NO4/c12-9(13)8(7-1-2-7)11-5-10(14)3-4-15-6-10/h7-8,11,14H,1-6H2,(H,12,13). The molecule has 0 bridgehead atoms. The average Bonchev–Trinajstić information content (AvgIpc) is 2.90. The van der Waals surface area contributed by atoms with Gasteiger partial charge in [0, 0.05) is 19.6 Å². The minimum atomic E-state index is -0.872. The van der Waals surface area contributed by atoms with Crippen LogP contribution in [0.3, 0.4) is 0 Å². The minimum Gasteiger partial charge on any atom is -0.480 e. The minimum absolute atomic E-state index is 0.244. The topological polar surface area (TPSA) is 78.8 Å². The fourth-order valence-corrected chi connectivity index (χ4v) is 1.92. The van der Waals surface area contributed by atoms with E-state index in [2.05, 4.69) is 5.32 Å². The maximum absolute atomic E-state index is 10.9. The van der Waals surface area contributed by atoms with Gasteiger partial charge in [0.2, 0.25) is 0 Å². The van der Waals surface area contributed by atoms with E-state index < -0.39 is 17.6 Å². The van der Waals surface area contributed by atoms with Crippen LogP contribution in [0.4, 0.5) is 0 Å². The van der Waals surface area contributed by atoms with Crippen LogP contribution in [-0.2, 0) is 9.53 Å². The van der Waals surface area contributed by atoms with E-state index in [1.54, 1.807) is 0 Å². The summed E-state index contributed by atoms with van der Waals surface area (Å²) >= 11 is 0. The Balaban J connectivity index is 1.82. The number of nitrogens with one attached hydrogen (secondary N) is 1. The molecule has 0 aromatic carbocycles. The normalized spacial score (nSPS) is 32.9. The molecule has 0 spiro atoms. The van der Waals surface area contributed by atoms with Crippen molar-refractivity contribution in [1.82, 2.24) is 5.32 Å². The van der Waals surface area contributed by atoms with Gasteiger partial charge in [0.15, 0.2) is 0 Å². The van der Waals surface area contributed by atoms with Crippen LogP contribution in [0.5, 0.6) is 0 Å². The number of aliphatic carboxylic acids is 1. The highest BCUT2D eigenvalue weighted by Crippen LogP contribution is 2.33. The van der Waals surface area contributed by atoms with Gasteiger partial charge in [-0.3, -0.25) is 4.79 Å². The van der Waals surface area contributed by atoms with E-state index in [1.165, 1.54) is 0 Å². The number of carbonyl (C=O) groups is 1. The van der Waals surface area contributed by atoms with Gasteiger partial charge in [-0.2, -0.15) is 0 Å². The fraction of sp³-hybridized carbons (Fsp3) is 0.900. The summed E-state index contributed by atoms with van der Waals surface area (Å²) in [6, 6.07) is -0.505. The van der Waals surface area contributed by atoms with Crippen molar-refractivity contribution in [2.45, 2.75) is 30.9 Å². The first-order chi connectivity index (χ1) is 7.11. The quantitative estimate of drug-likeness (QED) is 0.581. The molecular weight excluding hydrogens is 198 g/mol. The summed E-state index contributed by atoms with van der Waals surface area (Å²) < 4.78 is 5.09. The van der Waals surface area contributed by atoms with Crippen molar-refractivity contribution in [1.29, 1.82) is 0 Å². The second-order valence-corrected chi connectivity index (χ2v) is 4.56. The van der Waals surface area contributed by atoms with Crippen molar-refractivity contribution in [2.75, 3.05) is 19.8 Å². The SMILES string of the molecule is O=C(O)C(NCC1(O)CCOC1)C1CC1. The monoisotopic (exact) mass is 215 g/mol. The first-order valence-corrected chi connectivity index (χ1v) is 5.37. The molecule has 86 valence electrons. The van der Waals surface area contributed by atoms with E-state index in [0.29, 0.717) is 26.2 Å². The predicted octanol–water partition coefficient (Wildman–Crippen LogP) is -0.409. The molecule has 3 N–H and O–H groups in total.